The molecule has 0 aliphatic heterocycles. The first-order valence-electron chi connectivity index (χ1n) is 8.10. The molecular formula is C18H29N. The SMILES string of the molecule is CCCC1CCCC(NC(C)c2ccccc2)CC1. The molecule has 0 radical (unpaired) electrons. The summed E-state index contributed by atoms with van der Waals surface area (Å²) in [6, 6.07) is 12.0. The average molecular weight is 259 g/mol. The predicted octanol–water partition coefficient (Wildman–Crippen LogP) is 5.09. The highest BCUT2D eigenvalue weighted by atomic mass is 14.9. The summed E-state index contributed by atoms with van der Waals surface area (Å²) in [6.07, 6.45) is 9.78. The lowest BCUT2D eigenvalue weighted by Gasteiger charge is -2.22. The van der Waals surface area contributed by atoms with Crippen LogP contribution in [0.5, 0.6) is 0 Å². The van der Waals surface area contributed by atoms with Gasteiger partial charge < -0.3 is 5.32 Å². The summed E-state index contributed by atoms with van der Waals surface area (Å²) in [4.78, 5) is 0. The number of nitrogens with one attached hydrogen (secondary N) is 1. The fraction of sp³-hybridized carbons (Fsp3) is 0.667. The molecule has 106 valence electrons. The first-order valence-corrected chi connectivity index (χ1v) is 8.10. The lowest BCUT2D eigenvalue weighted by atomic mass is 9.95. The summed E-state index contributed by atoms with van der Waals surface area (Å²) in [7, 11) is 0. The second kappa shape index (κ2) is 7.69. The van der Waals surface area contributed by atoms with Crippen molar-refractivity contribution in [2.24, 2.45) is 5.92 Å². The molecule has 1 aliphatic rings. The number of benzene rings is 1. The molecule has 1 saturated carbocycles. The van der Waals surface area contributed by atoms with Crippen molar-refractivity contribution < 1.29 is 0 Å². The van der Waals surface area contributed by atoms with Gasteiger partial charge in [-0.2, -0.15) is 0 Å². The summed E-state index contributed by atoms with van der Waals surface area (Å²) >= 11 is 0. The molecule has 0 spiro atoms. The second-order valence-electron chi connectivity index (χ2n) is 6.16. The smallest absolute Gasteiger partial charge is 0.0294 e. The van der Waals surface area contributed by atoms with Crippen LogP contribution in [0.4, 0.5) is 0 Å². The molecular weight excluding hydrogens is 230 g/mol. The van der Waals surface area contributed by atoms with E-state index >= 15 is 0 Å². The number of hydrogen-bond donors (Lipinski definition) is 1. The molecule has 3 unspecified atom stereocenters. The third kappa shape index (κ3) is 4.65. The molecule has 1 aliphatic carbocycles. The van der Waals surface area contributed by atoms with E-state index in [4.69, 9.17) is 0 Å². The van der Waals surface area contributed by atoms with Crippen LogP contribution in [0.1, 0.15) is 70.4 Å². The molecule has 19 heavy (non-hydrogen) atoms. The van der Waals surface area contributed by atoms with Crippen LogP contribution < -0.4 is 5.32 Å². The van der Waals surface area contributed by atoms with E-state index in [9.17, 15) is 0 Å². The van der Waals surface area contributed by atoms with E-state index in [1.165, 1.54) is 50.5 Å². The molecule has 0 heterocycles. The maximum atomic E-state index is 3.84. The van der Waals surface area contributed by atoms with Gasteiger partial charge in [-0.15, -0.1) is 0 Å². The summed E-state index contributed by atoms with van der Waals surface area (Å²) in [6.45, 7) is 4.61. The Morgan fingerprint density at radius 3 is 2.63 bits per heavy atom. The Bertz CT molecular complexity index is 346. The molecule has 0 bridgehead atoms. The summed E-state index contributed by atoms with van der Waals surface area (Å²) in [5, 5.41) is 3.84. The van der Waals surface area contributed by atoms with Crippen LogP contribution in [-0.2, 0) is 0 Å². The van der Waals surface area contributed by atoms with E-state index in [0.717, 1.165) is 12.0 Å². The van der Waals surface area contributed by atoms with Crippen molar-refractivity contribution in [2.45, 2.75) is 70.9 Å². The number of rotatable bonds is 5. The van der Waals surface area contributed by atoms with Gasteiger partial charge in [0.15, 0.2) is 0 Å². The van der Waals surface area contributed by atoms with Crippen LogP contribution in [0.15, 0.2) is 30.3 Å². The van der Waals surface area contributed by atoms with Gasteiger partial charge in [-0.25, -0.2) is 0 Å². The quantitative estimate of drug-likeness (QED) is 0.727. The van der Waals surface area contributed by atoms with Gasteiger partial charge in [-0.3, -0.25) is 0 Å². The molecule has 0 amide bonds. The second-order valence-corrected chi connectivity index (χ2v) is 6.16. The van der Waals surface area contributed by atoms with Crippen LogP contribution >= 0.6 is 0 Å². The largest absolute Gasteiger partial charge is 0.307 e. The van der Waals surface area contributed by atoms with E-state index in [1.54, 1.807) is 0 Å². The lowest BCUT2D eigenvalue weighted by molar-refractivity contribution is 0.393. The van der Waals surface area contributed by atoms with Gasteiger partial charge in [0, 0.05) is 12.1 Å². The average Bonchev–Trinajstić information content (AvgIpc) is 2.66. The van der Waals surface area contributed by atoms with Crippen molar-refractivity contribution in [1.29, 1.82) is 0 Å². The highest BCUT2D eigenvalue weighted by Crippen LogP contribution is 2.27. The van der Waals surface area contributed by atoms with E-state index in [2.05, 4.69) is 49.5 Å². The maximum absolute atomic E-state index is 3.84. The Kier molecular flexibility index (Phi) is 5.91. The molecule has 1 fully saturated rings. The van der Waals surface area contributed by atoms with Crippen LogP contribution in [0.25, 0.3) is 0 Å². The first kappa shape index (κ1) is 14.6. The van der Waals surface area contributed by atoms with Crippen molar-refractivity contribution in [1.82, 2.24) is 5.32 Å². The fourth-order valence-corrected chi connectivity index (χ4v) is 3.43. The van der Waals surface area contributed by atoms with Crippen molar-refractivity contribution in [3.8, 4) is 0 Å². The molecule has 3 atom stereocenters. The molecule has 1 heteroatoms. The molecule has 0 aromatic heterocycles. The van der Waals surface area contributed by atoms with Gasteiger partial charge >= 0.3 is 0 Å². The van der Waals surface area contributed by atoms with Crippen LogP contribution in [0.2, 0.25) is 0 Å². The van der Waals surface area contributed by atoms with Gasteiger partial charge in [-0.1, -0.05) is 62.9 Å². The van der Waals surface area contributed by atoms with Crippen molar-refractivity contribution in [3.63, 3.8) is 0 Å². The van der Waals surface area contributed by atoms with E-state index in [1.807, 2.05) is 0 Å². The third-order valence-corrected chi connectivity index (χ3v) is 4.57. The minimum atomic E-state index is 0.480. The molecule has 1 N–H and O–H groups in total. The van der Waals surface area contributed by atoms with Crippen molar-refractivity contribution in [3.05, 3.63) is 35.9 Å². The van der Waals surface area contributed by atoms with E-state index in [-0.39, 0.29) is 0 Å². The van der Waals surface area contributed by atoms with E-state index < -0.39 is 0 Å². The Balaban J connectivity index is 1.83. The highest BCUT2D eigenvalue weighted by Gasteiger charge is 2.19. The maximum Gasteiger partial charge on any atom is 0.0294 e. The third-order valence-electron chi connectivity index (χ3n) is 4.57. The Morgan fingerprint density at radius 1 is 1.11 bits per heavy atom. The van der Waals surface area contributed by atoms with Crippen LogP contribution in [0.3, 0.4) is 0 Å². The van der Waals surface area contributed by atoms with Gasteiger partial charge in [0.25, 0.3) is 0 Å². The molecule has 2 rings (SSSR count). The minimum Gasteiger partial charge on any atom is -0.307 e. The minimum absolute atomic E-state index is 0.480. The first-order chi connectivity index (χ1) is 9.29. The van der Waals surface area contributed by atoms with Gasteiger partial charge in [0.2, 0.25) is 0 Å². The zero-order valence-electron chi connectivity index (χ0n) is 12.6. The summed E-state index contributed by atoms with van der Waals surface area (Å²) in [5.74, 6) is 0.990. The normalized spacial score (nSPS) is 25.8. The molecule has 0 saturated heterocycles. The lowest BCUT2D eigenvalue weighted by Crippen LogP contribution is -2.31. The Hall–Kier alpha value is -0.820. The van der Waals surface area contributed by atoms with Gasteiger partial charge in [0.05, 0.1) is 0 Å². The zero-order valence-corrected chi connectivity index (χ0v) is 12.6. The Labute approximate surface area is 118 Å². The monoisotopic (exact) mass is 259 g/mol. The summed E-state index contributed by atoms with van der Waals surface area (Å²) < 4.78 is 0. The zero-order chi connectivity index (χ0) is 13.5. The molecule has 1 aromatic carbocycles. The Morgan fingerprint density at radius 2 is 1.89 bits per heavy atom. The topological polar surface area (TPSA) is 12.0 Å². The van der Waals surface area contributed by atoms with Crippen LogP contribution in [-0.4, -0.2) is 6.04 Å². The number of hydrogen-bond acceptors (Lipinski definition) is 1. The fourth-order valence-electron chi connectivity index (χ4n) is 3.43. The standard InChI is InChI=1S/C18H29N/c1-3-8-16-9-7-12-18(14-13-16)19-15(2)17-10-5-4-6-11-17/h4-6,10-11,15-16,18-19H,3,7-9,12-14H2,1-2H3. The van der Waals surface area contributed by atoms with Crippen molar-refractivity contribution >= 4 is 0 Å². The highest BCUT2D eigenvalue weighted by molar-refractivity contribution is 5.18. The molecule has 1 nitrogen and oxygen atoms in total. The summed E-state index contributed by atoms with van der Waals surface area (Å²) in [5.41, 5.74) is 1.41. The molecule has 1 aromatic rings. The van der Waals surface area contributed by atoms with Crippen LogP contribution in [0, 0.1) is 5.92 Å². The van der Waals surface area contributed by atoms with Gasteiger partial charge in [-0.05, 0) is 37.7 Å². The predicted molar refractivity (Wildman–Crippen MR) is 83.3 cm³/mol. The van der Waals surface area contributed by atoms with Crippen molar-refractivity contribution in [2.75, 3.05) is 0 Å². The van der Waals surface area contributed by atoms with E-state index in [0.29, 0.717) is 6.04 Å². The van der Waals surface area contributed by atoms with Gasteiger partial charge in [0.1, 0.15) is 0 Å².